The summed E-state index contributed by atoms with van der Waals surface area (Å²) >= 11 is 0. The molecule has 4 aliphatic rings. The van der Waals surface area contributed by atoms with Gasteiger partial charge in [0.25, 0.3) is 0 Å². The van der Waals surface area contributed by atoms with Crippen molar-refractivity contribution in [2.45, 2.75) is 69.2 Å². The average Bonchev–Trinajstić information content (AvgIpc) is 3.66. The maximum Gasteiger partial charge on any atom is 0.319 e. The molecule has 4 atom stereocenters. The summed E-state index contributed by atoms with van der Waals surface area (Å²) in [6, 6.07) is 9.47. The van der Waals surface area contributed by atoms with Crippen molar-refractivity contribution < 1.29 is 17.9 Å². The SMILES string of the molecule is CCc1c(F)ccc2cccc(-c3ncc4c(N5C[C@H]6CC[C@@H](C5)N6)nc(OCC56CCCN5CC(F)C6)nc4c3F)c12. The molecule has 224 valence electrons. The number of hydrogen-bond donors (Lipinski definition) is 1. The lowest BCUT2D eigenvalue weighted by Gasteiger charge is -2.34. The van der Waals surface area contributed by atoms with Gasteiger partial charge in [-0.05, 0) is 61.1 Å². The molecule has 2 unspecified atom stereocenters. The van der Waals surface area contributed by atoms with Crippen molar-refractivity contribution >= 4 is 27.5 Å². The molecule has 0 saturated carbocycles. The Bertz CT molecular complexity index is 1720. The van der Waals surface area contributed by atoms with Crippen molar-refractivity contribution in [3.8, 4) is 17.3 Å². The summed E-state index contributed by atoms with van der Waals surface area (Å²) < 4.78 is 52.3. The van der Waals surface area contributed by atoms with Crippen molar-refractivity contribution in [2.75, 3.05) is 37.7 Å². The minimum absolute atomic E-state index is 0.0891. The molecule has 43 heavy (non-hydrogen) atoms. The van der Waals surface area contributed by atoms with Crippen LogP contribution in [0.5, 0.6) is 6.01 Å². The molecule has 7 nitrogen and oxygen atoms in total. The number of alkyl halides is 1. The summed E-state index contributed by atoms with van der Waals surface area (Å²) in [6.45, 7) is 4.92. The van der Waals surface area contributed by atoms with E-state index in [0.29, 0.717) is 59.2 Å². The first-order valence-corrected chi connectivity index (χ1v) is 15.5. The van der Waals surface area contributed by atoms with E-state index in [2.05, 4.69) is 25.1 Å². The van der Waals surface area contributed by atoms with E-state index in [9.17, 15) is 8.78 Å². The first-order chi connectivity index (χ1) is 20.9. The molecule has 0 spiro atoms. The number of aryl methyl sites for hydroxylation is 1. The number of nitrogens with zero attached hydrogens (tertiary/aromatic N) is 5. The van der Waals surface area contributed by atoms with Crippen molar-refractivity contribution in [1.29, 1.82) is 0 Å². The van der Waals surface area contributed by atoms with E-state index in [1.807, 2.05) is 19.1 Å². The second-order valence-electron chi connectivity index (χ2n) is 12.7. The van der Waals surface area contributed by atoms with Crippen LogP contribution >= 0.6 is 0 Å². The molecule has 4 aliphatic heterocycles. The zero-order chi connectivity index (χ0) is 29.3. The van der Waals surface area contributed by atoms with E-state index in [1.54, 1.807) is 18.3 Å². The highest BCUT2D eigenvalue weighted by Crippen LogP contribution is 2.41. The van der Waals surface area contributed by atoms with Crippen LogP contribution in [-0.2, 0) is 6.42 Å². The Hall–Kier alpha value is -3.50. The van der Waals surface area contributed by atoms with Crippen LogP contribution in [0, 0.1) is 11.6 Å². The smallest absolute Gasteiger partial charge is 0.319 e. The Kier molecular flexibility index (Phi) is 6.49. The van der Waals surface area contributed by atoms with Crippen LogP contribution < -0.4 is 15.0 Å². The fourth-order valence-electron chi connectivity index (χ4n) is 8.10. The Labute approximate surface area is 248 Å². The molecule has 0 radical (unpaired) electrons. The number of fused-ring (bicyclic) bond motifs is 5. The van der Waals surface area contributed by atoms with E-state index in [-0.39, 0.29) is 35.2 Å². The number of aromatic nitrogens is 3. The van der Waals surface area contributed by atoms with Crippen molar-refractivity contribution in [2.24, 2.45) is 0 Å². The van der Waals surface area contributed by atoms with E-state index >= 15 is 4.39 Å². The summed E-state index contributed by atoms with van der Waals surface area (Å²) in [5.41, 5.74) is 0.916. The third-order valence-electron chi connectivity index (χ3n) is 10.1. The van der Waals surface area contributed by atoms with E-state index in [1.165, 1.54) is 6.07 Å². The van der Waals surface area contributed by atoms with Crippen LogP contribution in [0.15, 0.2) is 36.5 Å². The highest BCUT2D eigenvalue weighted by atomic mass is 19.1. The molecule has 6 heterocycles. The Balaban J connectivity index is 1.26. The quantitative estimate of drug-likeness (QED) is 0.316. The first-order valence-electron chi connectivity index (χ1n) is 15.5. The van der Waals surface area contributed by atoms with E-state index < -0.39 is 12.0 Å². The molecular weight excluding hydrogens is 553 g/mol. The van der Waals surface area contributed by atoms with Crippen molar-refractivity contribution in [3.63, 3.8) is 0 Å². The van der Waals surface area contributed by atoms with Gasteiger partial charge in [0.05, 0.1) is 10.9 Å². The molecule has 8 rings (SSSR count). The summed E-state index contributed by atoms with van der Waals surface area (Å²) in [4.78, 5) is 18.5. The second kappa shape index (κ2) is 10.3. The van der Waals surface area contributed by atoms with Gasteiger partial charge >= 0.3 is 6.01 Å². The summed E-state index contributed by atoms with van der Waals surface area (Å²) in [5, 5.41) is 5.63. The fourth-order valence-corrected chi connectivity index (χ4v) is 8.10. The zero-order valence-corrected chi connectivity index (χ0v) is 24.3. The normalized spacial score (nSPS) is 27.0. The number of rotatable bonds is 6. The highest BCUT2D eigenvalue weighted by Gasteiger charge is 2.49. The third kappa shape index (κ3) is 4.44. The van der Waals surface area contributed by atoms with Crippen LogP contribution in [-0.4, -0.2) is 76.4 Å². The van der Waals surface area contributed by atoms with Gasteiger partial charge in [0.15, 0.2) is 5.82 Å². The number of anilines is 1. The number of halogens is 3. The molecule has 2 aromatic heterocycles. The molecule has 4 saturated heterocycles. The van der Waals surface area contributed by atoms with Crippen LogP contribution in [0.25, 0.3) is 32.9 Å². The van der Waals surface area contributed by atoms with Gasteiger partial charge in [-0.1, -0.05) is 31.2 Å². The van der Waals surface area contributed by atoms with Gasteiger partial charge < -0.3 is 15.0 Å². The maximum absolute atomic E-state index is 16.7. The van der Waals surface area contributed by atoms with Crippen LogP contribution in [0.3, 0.4) is 0 Å². The number of ether oxygens (including phenoxy) is 1. The Morgan fingerprint density at radius 1 is 1.07 bits per heavy atom. The number of pyridine rings is 1. The summed E-state index contributed by atoms with van der Waals surface area (Å²) in [7, 11) is 0. The van der Waals surface area contributed by atoms with Gasteiger partial charge in [-0.15, -0.1) is 0 Å². The lowest BCUT2D eigenvalue weighted by molar-refractivity contribution is 0.107. The summed E-state index contributed by atoms with van der Waals surface area (Å²) in [6.07, 6.45) is 5.68. The summed E-state index contributed by atoms with van der Waals surface area (Å²) in [5.74, 6) is -0.307. The average molecular weight is 589 g/mol. The minimum Gasteiger partial charge on any atom is -0.461 e. The molecule has 0 amide bonds. The van der Waals surface area contributed by atoms with Crippen LogP contribution in [0.4, 0.5) is 19.0 Å². The lowest BCUT2D eigenvalue weighted by atomic mass is 9.95. The predicted molar refractivity (Wildman–Crippen MR) is 160 cm³/mol. The molecular formula is C33H35F3N6O. The van der Waals surface area contributed by atoms with Crippen molar-refractivity contribution in [1.82, 2.24) is 25.2 Å². The van der Waals surface area contributed by atoms with Gasteiger partial charge in [-0.25, -0.2) is 13.2 Å². The topological polar surface area (TPSA) is 66.4 Å². The standard InChI is InChI=1S/C33H35F3N6O/c1-2-23-26(35)10-7-19-5-3-6-24(27(19)23)29-28(36)30-25(14-37-29)31(41-16-21-8-9-22(17-41)38-21)40-32(39-30)43-18-33-11-4-12-42(33)15-20(34)13-33/h3,5-7,10,14,20-22,38H,2,4,8-9,11-13,15-18H2,1H3/t20?,21-,22+,33?. The number of nitrogens with one attached hydrogen (secondary N) is 1. The molecule has 4 aromatic rings. The number of benzene rings is 2. The number of hydrogen-bond acceptors (Lipinski definition) is 7. The van der Waals surface area contributed by atoms with Gasteiger partial charge in [0.1, 0.15) is 35.6 Å². The molecule has 2 bridgehead atoms. The van der Waals surface area contributed by atoms with Gasteiger partial charge in [0, 0.05) is 49.9 Å². The van der Waals surface area contributed by atoms with Gasteiger partial charge in [0.2, 0.25) is 0 Å². The van der Waals surface area contributed by atoms with Crippen LogP contribution in [0.2, 0.25) is 0 Å². The number of piperazine rings is 1. The Morgan fingerprint density at radius 2 is 1.91 bits per heavy atom. The molecule has 1 N–H and O–H groups in total. The molecule has 4 fully saturated rings. The molecule has 10 heteroatoms. The molecule has 2 aromatic carbocycles. The van der Waals surface area contributed by atoms with E-state index in [4.69, 9.17) is 9.72 Å². The zero-order valence-electron chi connectivity index (χ0n) is 24.3. The predicted octanol–water partition coefficient (Wildman–Crippen LogP) is 5.58. The molecule has 0 aliphatic carbocycles. The van der Waals surface area contributed by atoms with Crippen LogP contribution in [0.1, 0.15) is 44.6 Å². The Morgan fingerprint density at radius 3 is 2.72 bits per heavy atom. The maximum atomic E-state index is 16.7. The van der Waals surface area contributed by atoms with Gasteiger partial charge in [-0.3, -0.25) is 9.88 Å². The monoisotopic (exact) mass is 588 g/mol. The third-order valence-corrected chi connectivity index (χ3v) is 10.1. The fraction of sp³-hybridized carbons (Fsp3) is 0.485. The highest BCUT2D eigenvalue weighted by molar-refractivity contribution is 6.00. The second-order valence-corrected chi connectivity index (χ2v) is 12.7. The lowest BCUT2D eigenvalue weighted by Crippen LogP contribution is -2.51. The van der Waals surface area contributed by atoms with Gasteiger partial charge in [-0.2, -0.15) is 9.97 Å². The van der Waals surface area contributed by atoms with E-state index in [0.717, 1.165) is 50.7 Å². The van der Waals surface area contributed by atoms with Crippen molar-refractivity contribution in [3.05, 3.63) is 53.7 Å². The largest absolute Gasteiger partial charge is 0.461 e. The first kappa shape index (κ1) is 27.1. The minimum atomic E-state index is -0.877.